The number of benzene rings is 1. The number of rotatable bonds is 3. The van der Waals surface area contributed by atoms with E-state index in [-0.39, 0.29) is 18.9 Å². The van der Waals surface area contributed by atoms with Gasteiger partial charge < -0.3 is 10.2 Å². The van der Waals surface area contributed by atoms with E-state index < -0.39 is 12.1 Å². The summed E-state index contributed by atoms with van der Waals surface area (Å²) in [5.74, 6) is -1.15. The van der Waals surface area contributed by atoms with Crippen molar-refractivity contribution in [2.45, 2.75) is 37.9 Å². The number of hydrogen-bond acceptors (Lipinski definition) is 2. The first-order chi connectivity index (χ1) is 9.79. The van der Waals surface area contributed by atoms with Crippen LogP contribution >= 0.6 is 11.6 Å². The molecule has 0 heterocycles. The quantitative estimate of drug-likeness (QED) is 0.848. The predicted octanol–water partition coefficient (Wildman–Crippen LogP) is 4.94. The maximum absolute atomic E-state index is 12.7. The summed E-state index contributed by atoms with van der Waals surface area (Å²) in [5.41, 5.74) is 1.75. The second-order valence-electron chi connectivity index (χ2n) is 5.76. The molecule has 1 saturated carbocycles. The molecule has 0 unspecified atom stereocenters. The van der Waals surface area contributed by atoms with Crippen molar-refractivity contribution in [2.24, 2.45) is 5.92 Å². The van der Waals surface area contributed by atoms with Gasteiger partial charge in [0, 0.05) is 20.1 Å². The van der Waals surface area contributed by atoms with E-state index in [1.807, 2.05) is 37.2 Å². The fourth-order valence-corrected chi connectivity index (χ4v) is 3.21. The highest BCUT2D eigenvalue weighted by Crippen LogP contribution is 2.39. The summed E-state index contributed by atoms with van der Waals surface area (Å²) < 4.78 is 38.0. The summed E-state index contributed by atoms with van der Waals surface area (Å²) in [4.78, 5) is 1.91. The summed E-state index contributed by atoms with van der Waals surface area (Å²) >= 11 is 6.19. The Morgan fingerprint density at radius 1 is 1.14 bits per heavy atom. The van der Waals surface area contributed by atoms with Crippen molar-refractivity contribution < 1.29 is 13.2 Å². The van der Waals surface area contributed by atoms with E-state index in [1.54, 1.807) is 0 Å². The average Bonchev–Trinajstić information content (AvgIpc) is 2.38. The molecular weight excluding hydrogens is 301 g/mol. The van der Waals surface area contributed by atoms with Crippen LogP contribution < -0.4 is 10.2 Å². The zero-order chi connectivity index (χ0) is 15.6. The SMILES string of the molecule is CN(C)c1c(Cl)cccc1NC1CCC(C(F)(F)F)CC1. The highest BCUT2D eigenvalue weighted by molar-refractivity contribution is 6.34. The molecule has 2 rings (SSSR count). The van der Waals surface area contributed by atoms with Crippen molar-refractivity contribution in [3.05, 3.63) is 23.2 Å². The lowest BCUT2D eigenvalue weighted by Crippen LogP contribution is -2.33. The lowest BCUT2D eigenvalue weighted by molar-refractivity contribution is -0.182. The number of anilines is 2. The molecular formula is C15H20ClF3N2. The van der Waals surface area contributed by atoms with Gasteiger partial charge in [0.25, 0.3) is 0 Å². The molecule has 0 aliphatic heterocycles. The molecule has 1 N–H and O–H groups in total. The summed E-state index contributed by atoms with van der Waals surface area (Å²) in [6.07, 6.45) is -2.61. The van der Waals surface area contributed by atoms with E-state index in [0.29, 0.717) is 17.9 Å². The Labute approximate surface area is 128 Å². The minimum Gasteiger partial charge on any atom is -0.381 e. The molecule has 1 aliphatic rings. The van der Waals surface area contributed by atoms with Crippen molar-refractivity contribution in [3.63, 3.8) is 0 Å². The second kappa shape index (κ2) is 6.34. The lowest BCUT2D eigenvalue weighted by atomic mass is 9.85. The highest BCUT2D eigenvalue weighted by Gasteiger charge is 2.41. The van der Waals surface area contributed by atoms with Crippen molar-refractivity contribution in [3.8, 4) is 0 Å². The van der Waals surface area contributed by atoms with Crippen LogP contribution in [0.3, 0.4) is 0 Å². The topological polar surface area (TPSA) is 15.3 Å². The monoisotopic (exact) mass is 320 g/mol. The Morgan fingerprint density at radius 3 is 2.29 bits per heavy atom. The molecule has 21 heavy (non-hydrogen) atoms. The van der Waals surface area contributed by atoms with Crippen molar-refractivity contribution >= 4 is 23.0 Å². The normalized spacial score (nSPS) is 23.0. The van der Waals surface area contributed by atoms with E-state index in [9.17, 15) is 13.2 Å². The summed E-state index contributed by atoms with van der Waals surface area (Å²) in [7, 11) is 3.79. The third-order valence-corrected chi connectivity index (χ3v) is 4.29. The minimum absolute atomic E-state index is 0.0702. The maximum Gasteiger partial charge on any atom is 0.391 e. The third kappa shape index (κ3) is 3.96. The number of nitrogens with one attached hydrogen (secondary N) is 1. The van der Waals surface area contributed by atoms with Crippen LogP contribution in [0, 0.1) is 5.92 Å². The van der Waals surface area contributed by atoms with Gasteiger partial charge in [0.05, 0.1) is 22.3 Å². The van der Waals surface area contributed by atoms with Crippen LogP contribution in [0.4, 0.5) is 24.5 Å². The van der Waals surface area contributed by atoms with Crippen LogP contribution in [-0.2, 0) is 0 Å². The number of hydrogen-bond donors (Lipinski definition) is 1. The van der Waals surface area contributed by atoms with Crippen LogP contribution in [0.25, 0.3) is 0 Å². The molecule has 118 valence electrons. The first-order valence-corrected chi connectivity index (χ1v) is 7.46. The largest absolute Gasteiger partial charge is 0.391 e. The summed E-state index contributed by atoms with van der Waals surface area (Å²) in [6.45, 7) is 0. The smallest absolute Gasteiger partial charge is 0.381 e. The first kappa shape index (κ1) is 16.3. The van der Waals surface area contributed by atoms with Gasteiger partial charge in [0.1, 0.15) is 0 Å². The molecule has 1 fully saturated rings. The molecule has 0 aromatic heterocycles. The average molecular weight is 321 g/mol. The van der Waals surface area contributed by atoms with Gasteiger partial charge in [0.2, 0.25) is 0 Å². The molecule has 0 radical (unpaired) electrons. The van der Waals surface area contributed by atoms with E-state index in [1.165, 1.54) is 0 Å². The van der Waals surface area contributed by atoms with Crippen molar-refractivity contribution in [1.29, 1.82) is 0 Å². The Balaban J connectivity index is 2.03. The molecule has 1 aromatic carbocycles. The van der Waals surface area contributed by atoms with Gasteiger partial charge in [-0.05, 0) is 37.8 Å². The van der Waals surface area contributed by atoms with E-state index in [4.69, 9.17) is 11.6 Å². The Bertz CT molecular complexity index is 480. The van der Waals surface area contributed by atoms with Gasteiger partial charge in [-0.1, -0.05) is 17.7 Å². The van der Waals surface area contributed by atoms with E-state index in [0.717, 1.165) is 11.4 Å². The molecule has 0 bridgehead atoms. The van der Waals surface area contributed by atoms with Gasteiger partial charge in [-0.25, -0.2) is 0 Å². The number of alkyl halides is 3. The highest BCUT2D eigenvalue weighted by atomic mass is 35.5. The number of nitrogens with zero attached hydrogens (tertiary/aromatic N) is 1. The van der Waals surface area contributed by atoms with Crippen LogP contribution in [0.15, 0.2) is 18.2 Å². The zero-order valence-electron chi connectivity index (χ0n) is 12.2. The molecule has 0 amide bonds. The predicted molar refractivity (Wildman–Crippen MR) is 81.2 cm³/mol. The zero-order valence-corrected chi connectivity index (χ0v) is 12.9. The Hall–Kier alpha value is -1.10. The van der Waals surface area contributed by atoms with Crippen LogP contribution in [0.2, 0.25) is 5.02 Å². The number of para-hydroxylation sites is 1. The molecule has 1 aromatic rings. The molecule has 1 aliphatic carbocycles. The van der Waals surface area contributed by atoms with Crippen LogP contribution in [-0.4, -0.2) is 26.3 Å². The summed E-state index contributed by atoms with van der Waals surface area (Å²) in [6, 6.07) is 5.64. The van der Waals surface area contributed by atoms with E-state index in [2.05, 4.69) is 5.32 Å². The fourth-order valence-electron chi connectivity index (χ4n) is 2.87. The fraction of sp³-hybridized carbons (Fsp3) is 0.600. The maximum atomic E-state index is 12.7. The van der Waals surface area contributed by atoms with Gasteiger partial charge in [0.15, 0.2) is 0 Å². The molecule has 0 atom stereocenters. The van der Waals surface area contributed by atoms with Crippen LogP contribution in [0.1, 0.15) is 25.7 Å². The Morgan fingerprint density at radius 2 is 1.76 bits per heavy atom. The summed E-state index contributed by atoms with van der Waals surface area (Å²) in [5, 5.41) is 3.98. The standard InChI is InChI=1S/C15H20ClF3N2/c1-21(2)14-12(16)4-3-5-13(14)20-11-8-6-10(7-9-11)15(17,18)19/h3-5,10-11,20H,6-9H2,1-2H3. The molecule has 0 saturated heterocycles. The van der Waals surface area contributed by atoms with E-state index >= 15 is 0 Å². The van der Waals surface area contributed by atoms with Crippen molar-refractivity contribution in [2.75, 3.05) is 24.3 Å². The second-order valence-corrected chi connectivity index (χ2v) is 6.17. The molecule has 2 nitrogen and oxygen atoms in total. The van der Waals surface area contributed by atoms with Gasteiger partial charge in [-0.2, -0.15) is 13.2 Å². The molecule has 6 heteroatoms. The van der Waals surface area contributed by atoms with Crippen LogP contribution in [0.5, 0.6) is 0 Å². The third-order valence-electron chi connectivity index (χ3n) is 3.98. The Kier molecular flexibility index (Phi) is 4.91. The van der Waals surface area contributed by atoms with Crippen molar-refractivity contribution in [1.82, 2.24) is 0 Å². The van der Waals surface area contributed by atoms with Gasteiger partial charge in [-0.3, -0.25) is 0 Å². The number of halogens is 4. The van der Waals surface area contributed by atoms with Gasteiger partial charge in [-0.15, -0.1) is 0 Å². The molecule has 0 spiro atoms. The first-order valence-electron chi connectivity index (χ1n) is 7.08. The lowest BCUT2D eigenvalue weighted by Gasteiger charge is -2.32. The minimum atomic E-state index is -4.06. The van der Waals surface area contributed by atoms with Gasteiger partial charge >= 0.3 is 6.18 Å².